The van der Waals surface area contributed by atoms with E-state index in [2.05, 4.69) is 16.0 Å². The quantitative estimate of drug-likeness (QED) is 0.177. The molecular formula is C24H36N4O7S. The molecule has 7 N–H and O–H groups in total. The van der Waals surface area contributed by atoms with Crippen molar-refractivity contribution in [3.63, 3.8) is 0 Å². The first-order valence-electron chi connectivity index (χ1n) is 11.6. The zero-order valence-corrected chi connectivity index (χ0v) is 21.5. The minimum Gasteiger partial charge on any atom is -0.481 e. The van der Waals surface area contributed by atoms with E-state index in [1.807, 2.05) is 12.3 Å². The molecule has 0 fully saturated rings. The van der Waals surface area contributed by atoms with Gasteiger partial charge in [0.2, 0.25) is 17.7 Å². The Morgan fingerprint density at radius 2 is 1.50 bits per heavy atom. The highest BCUT2D eigenvalue weighted by atomic mass is 32.2. The first-order valence-corrected chi connectivity index (χ1v) is 13.0. The number of carbonyl (C=O) groups is 5. The van der Waals surface area contributed by atoms with Gasteiger partial charge < -0.3 is 31.9 Å². The summed E-state index contributed by atoms with van der Waals surface area (Å²) >= 11 is 1.44. The zero-order valence-electron chi connectivity index (χ0n) is 20.7. The van der Waals surface area contributed by atoms with Crippen LogP contribution in [-0.4, -0.2) is 76.0 Å². The van der Waals surface area contributed by atoms with Gasteiger partial charge in [-0.1, -0.05) is 44.2 Å². The summed E-state index contributed by atoms with van der Waals surface area (Å²) in [6.07, 6.45) is 1.61. The lowest BCUT2D eigenvalue weighted by molar-refractivity contribution is -0.142. The summed E-state index contributed by atoms with van der Waals surface area (Å²) in [5.41, 5.74) is 6.81. The van der Waals surface area contributed by atoms with Gasteiger partial charge in [0.25, 0.3) is 0 Å². The number of nitrogens with two attached hydrogens (primary N) is 1. The molecule has 36 heavy (non-hydrogen) atoms. The molecule has 0 aromatic heterocycles. The van der Waals surface area contributed by atoms with Crippen molar-refractivity contribution in [3.8, 4) is 0 Å². The van der Waals surface area contributed by atoms with Gasteiger partial charge in [0.15, 0.2) is 0 Å². The van der Waals surface area contributed by atoms with Crippen LogP contribution in [0.15, 0.2) is 30.3 Å². The van der Waals surface area contributed by atoms with Crippen molar-refractivity contribution in [2.45, 2.75) is 63.7 Å². The SMILES string of the molecule is CSCCC(NC(=O)C(NC(=O)C(CCC(=O)O)NC(=O)C(N)Cc1ccccc1)C(C)C)C(=O)O. The van der Waals surface area contributed by atoms with Gasteiger partial charge in [0.05, 0.1) is 6.04 Å². The van der Waals surface area contributed by atoms with Crippen LogP contribution in [0.4, 0.5) is 0 Å². The number of hydrogen-bond acceptors (Lipinski definition) is 7. The molecule has 1 aromatic carbocycles. The van der Waals surface area contributed by atoms with Crippen LogP contribution in [0.3, 0.4) is 0 Å². The van der Waals surface area contributed by atoms with Gasteiger partial charge in [0, 0.05) is 6.42 Å². The summed E-state index contributed by atoms with van der Waals surface area (Å²) in [5, 5.41) is 25.9. The van der Waals surface area contributed by atoms with E-state index in [4.69, 9.17) is 10.8 Å². The molecule has 200 valence electrons. The highest BCUT2D eigenvalue weighted by Crippen LogP contribution is 2.08. The van der Waals surface area contributed by atoms with Crippen molar-refractivity contribution in [3.05, 3.63) is 35.9 Å². The van der Waals surface area contributed by atoms with Crippen LogP contribution in [0.2, 0.25) is 0 Å². The first-order chi connectivity index (χ1) is 17.0. The van der Waals surface area contributed by atoms with Crippen molar-refractivity contribution in [2.75, 3.05) is 12.0 Å². The average molecular weight is 525 g/mol. The second kappa shape index (κ2) is 15.8. The molecule has 0 aliphatic carbocycles. The van der Waals surface area contributed by atoms with E-state index < -0.39 is 66.2 Å². The van der Waals surface area contributed by atoms with Crippen LogP contribution in [-0.2, 0) is 30.4 Å². The summed E-state index contributed by atoms with van der Waals surface area (Å²) in [5.74, 6) is -4.34. The topological polar surface area (TPSA) is 188 Å². The molecule has 0 spiro atoms. The highest BCUT2D eigenvalue weighted by Gasteiger charge is 2.32. The summed E-state index contributed by atoms with van der Waals surface area (Å²) in [6, 6.07) is 4.57. The van der Waals surface area contributed by atoms with E-state index in [0.29, 0.717) is 5.75 Å². The predicted octanol–water partition coefficient (Wildman–Crippen LogP) is 0.369. The third-order valence-electron chi connectivity index (χ3n) is 5.39. The third kappa shape index (κ3) is 11.1. The Bertz CT molecular complexity index is 898. The van der Waals surface area contributed by atoms with Gasteiger partial charge in [-0.2, -0.15) is 11.8 Å². The monoisotopic (exact) mass is 524 g/mol. The number of hydrogen-bond donors (Lipinski definition) is 6. The number of thioether (sulfide) groups is 1. The molecule has 3 amide bonds. The molecular weight excluding hydrogens is 488 g/mol. The number of rotatable bonds is 16. The minimum absolute atomic E-state index is 0.206. The van der Waals surface area contributed by atoms with Crippen LogP contribution in [0, 0.1) is 5.92 Å². The van der Waals surface area contributed by atoms with Crippen LogP contribution >= 0.6 is 11.8 Å². The van der Waals surface area contributed by atoms with Crippen LogP contribution in [0.1, 0.15) is 38.7 Å². The summed E-state index contributed by atoms with van der Waals surface area (Å²) in [6.45, 7) is 3.34. The van der Waals surface area contributed by atoms with Crippen LogP contribution < -0.4 is 21.7 Å². The van der Waals surface area contributed by atoms with Gasteiger partial charge in [-0.25, -0.2) is 4.79 Å². The van der Waals surface area contributed by atoms with Gasteiger partial charge in [-0.05, 0) is 42.8 Å². The zero-order chi connectivity index (χ0) is 27.3. The molecule has 11 nitrogen and oxygen atoms in total. The van der Waals surface area contributed by atoms with E-state index in [1.165, 1.54) is 11.8 Å². The van der Waals surface area contributed by atoms with E-state index in [-0.39, 0.29) is 19.3 Å². The lowest BCUT2D eigenvalue weighted by Gasteiger charge is -2.27. The standard InChI is InChI=1S/C24H36N4O7S/c1-14(2)20(23(33)27-18(24(34)35)11-12-36-3)28-22(32)17(9-10-19(29)30)26-21(31)16(25)13-15-7-5-4-6-8-15/h4-8,14,16-18,20H,9-13,25H2,1-3H3,(H,26,31)(H,27,33)(H,28,32)(H,29,30)(H,34,35). The molecule has 1 rings (SSSR count). The van der Waals surface area contributed by atoms with Gasteiger partial charge in [-0.3, -0.25) is 19.2 Å². The average Bonchev–Trinajstić information content (AvgIpc) is 2.82. The molecule has 0 bridgehead atoms. The molecule has 0 aliphatic heterocycles. The largest absolute Gasteiger partial charge is 0.481 e. The summed E-state index contributed by atoms with van der Waals surface area (Å²) in [7, 11) is 0. The van der Waals surface area contributed by atoms with Gasteiger partial charge in [0.1, 0.15) is 18.1 Å². The van der Waals surface area contributed by atoms with E-state index >= 15 is 0 Å². The van der Waals surface area contributed by atoms with Crippen molar-refractivity contribution >= 4 is 41.4 Å². The molecule has 0 aliphatic rings. The second-order valence-electron chi connectivity index (χ2n) is 8.70. The van der Waals surface area contributed by atoms with Crippen molar-refractivity contribution in [1.82, 2.24) is 16.0 Å². The first kappa shape index (κ1) is 30.9. The Balaban J connectivity index is 2.94. The Morgan fingerprint density at radius 3 is 2.03 bits per heavy atom. The van der Waals surface area contributed by atoms with E-state index in [9.17, 15) is 29.1 Å². The van der Waals surface area contributed by atoms with Crippen molar-refractivity contribution in [2.24, 2.45) is 11.7 Å². The van der Waals surface area contributed by atoms with Crippen molar-refractivity contribution in [1.29, 1.82) is 0 Å². The molecule has 1 aromatic rings. The molecule has 0 heterocycles. The Labute approximate surface area is 215 Å². The molecule has 0 saturated carbocycles. The molecule has 4 unspecified atom stereocenters. The Morgan fingerprint density at radius 1 is 0.889 bits per heavy atom. The van der Waals surface area contributed by atoms with Crippen LogP contribution in [0.5, 0.6) is 0 Å². The number of carbonyl (C=O) groups excluding carboxylic acids is 3. The van der Waals surface area contributed by atoms with Crippen LogP contribution in [0.25, 0.3) is 0 Å². The number of carboxylic acid groups (broad SMARTS) is 2. The minimum atomic E-state index is -1.25. The number of amides is 3. The maximum atomic E-state index is 13.0. The lowest BCUT2D eigenvalue weighted by Crippen LogP contribution is -2.58. The third-order valence-corrected chi connectivity index (χ3v) is 6.03. The number of benzene rings is 1. The Kier molecular flexibility index (Phi) is 13.6. The van der Waals surface area contributed by atoms with Gasteiger partial charge >= 0.3 is 11.9 Å². The highest BCUT2D eigenvalue weighted by molar-refractivity contribution is 7.98. The second-order valence-corrected chi connectivity index (χ2v) is 9.69. The molecule has 0 saturated heterocycles. The lowest BCUT2D eigenvalue weighted by atomic mass is 10.0. The number of aliphatic carboxylic acids is 2. The molecule has 4 atom stereocenters. The number of carboxylic acids is 2. The fourth-order valence-electron chi connectivity index (χ4n) is 3.32. The predicted molar refractivity (Wildman–Crippen MR) is 136 cm³/mol. The fourth-order valence-corrected chi connectivity index (χ4v) is 3.79. The van der Waals surface area contributed by atoms with Gasteiger partial charge in [-0.15, -0.1) is 0 Å². The van der Waals surface area contributed by atoms with E-state index in [0.717, 1.165) is 5.56 Å². The maximum absolute atomic E-state index is 13.0. The number of nitrogens with one attached hydrogen (secondary N) is 3. The normalized spacial score (nSPS) is 14.2. The van der Waals surface area contributed by atoms with Crippen molar-refractivity contribution < 1.29 is 34.2 Å². The summed E-state index contributed by atoms with van der Waals surface area (Å²) in [4.78, 5) is 61.1. The summed E-state index contributed by atoms with van der Waals surface area (Å²) < 4.78 is 0. The Hall–Kier alpha value is -3.12. The molecule has 0 radical (unpaired) electrons. The van der Waals surface area contributed by atoms with E-state index in [1.54, 1.807) is 38.1 Å². The molecule has 12 heteroatoms. The smallest absolute Gasteiger partial charge is 0.326 e. The fraction of sp³-hybridized carbons (Fsp3) is 0.542. The maximum Gasteiger partial charge on any atom is 0.326 e.